The molecule has 1 N–H and O–H groups in total. The molecule has 4 nitrogen and oxygen atoms in total. The maximum Gasteiger partial charge on any atom is 0.225 e. The highest BCUT2D eigenvalue weighted by Crippen LogP contribution is 2.39. The average Bonchev–Trinajstić information content (AvgIpc) is 2.96. The monoisotopic (exact) mass is 280 g/mol. The van der Waals surface area contributed by atoms with Gasteiger partial charge in [-0.05, 0) is 43.3 Å². The molecule has 0 aromatic carbocycles. The number of anilines is 1. The lowest BCUT2D eigenvalue weighted by Gasteiger charge is -2.27. The van der Waals surface area contributed by atoms with E-state index >= 15 is 0 Å². The summed E-state index contributed by atoms with van der Waals surface area (Å²) in [5, 5.41) is 7.46. The number of aromatic nitrogens is 3. The predicted molar refractivity (Wildman–Crippen MR) is 80.1 cm³/mol. The minimum absolute atomic E-state index is 0.550. The van der Waals surface area contributed by atoms with Crippen molar-refractivity contribution in [3.8, 4) is 0 Å². The van der Waals surface area contributed by atoms with Gasteiger partial charge in [-0.3, -0.25) is 4.57 Å². The summed E-state index contributed by atoms with van der Waals surface area (Å²) in [5.74, 6) is 2.76. The first-order valence-electron chi connectivity index (χ1n) is 7.55. The summed E-state index contributed by atoms with van der Waals surface area (Å²) >= 11 is 5.44. The Labute approximate surface area is 120 Å². The van der Waals surface area contributed by atoms with Gasteiger partial charge in [0.05, 0.1) is 0 Å². The van der Waals surface area contributed by atoms with E-state index in [4.69, 9.17) is 12.2 Å². The lowest BCUT2D eigenvalue weighted by molar-refractivity contribution is 0.350. The lowest BCUT2D eigenvalue weighted by Crippen LogP contribution is -2.26. The Bertz CT molecular complexity index is 486. The molecule has 106 valence electrons. The van der Waals surface area contributed by atoms with Gasteiger partial charge in [-0.1, -0.05) is 26.2 Å². The van der Waals surface area contributed by atoms with Gasteiger partial charge in [0.2, 0.25) is 5.95 Å². The SMILES string of the molecule is CC1CC1CN(C)c1n[nH]c(=S)n1C1CCCCC1. The minimum Gasteiger partial charge on any atom is -0.344 e. The van der Waals surface area contributed by atoms with E-state index in [-0.39, 0.29) is 0 Å². The summed E-state index contributed by atoms with van der Waals surface area (Å²) in [6.45, 7) is 3.43. The second-order valence-corrected chi connectivity index (χ2v) is 6.73. The standard InChI is InChI=1S/C14H24N4S/c1-10-8-11(10)9-17(2)13-15-16-14(19)18(13)12-6-4-3-5-7-12/h10-12H,3-9H2,1-2H3,(H,16,19). The van der Waals surface area contributed by atoms with E-state index < -0.39 is 0 Å². The molecule has 19 heavy (non-hydrogen) atoms. The number of aromatic amines is 1. The third-order valence-electron chi connectivity index (χ3n) is 4.75. The summed E-state index contributed by atoms with van der Waals surface area (Å²) in [6.07, 6.45) is 7.86. The molecule has 0 amide bonds. The normalized spacial score (nSPS) is 27.5. The van der Waals surface area contributed by atoms with Crippen LogP contribution >= 0.6 is 12.2 Å². The number of nitrogens with one attached hydrogen (secondary N) is 1. The van der Waals surface area contributed by atoms with Gasteiger partial charge in [0.1, 0.15) is 0 Å². The highest BCUT2D eigenvalue weighted by molar-refractivity contribution is 7.71. The van der Waals surface area contributed by atoms with E-state index in [1.165, 1.54) is 38.5 Å². The van der Waals surface area contributed by atoms with Gasteiger partial charge < -0.3 is 4.90 Å². The van der Waals surface area contributed by atoms with Crippen LogP contribution < -0.4 is 4.90 Å². The molecule has 2 aliphatic rings. The van der Waals surface area contributed by atoms with Crippen molar-refractivity contribution in [1.82, 2.24) is 14.8 Å². The molecule has 1 aromatic rings. The Morgan fingerprint density at radius 2 is 2.05 bits per heavy atom. The highest BCUT2D eigenvalue weighted by Gasteiger charge is 2.34. The Morgan fingerprint density at radius 3 is 2.68 bits per heavy atom. The Morgan fingerprint density at radius 1 is 1.37 bits per heavy atom. The third kappa shape index (κ3) is 2.71. The van der Waals surface area contributed by atoms with Crippen molar-refractivity contribution in [1.29, 1.82) is 0 Å². The molecule has 0 saturated heterocycles. The Balaban J connectivity index is 1.78. The third-order valence-corrected chi connectivity index (χ3v) is 5.04. The van der Waals surface area contributed by atoms with Gasteiger partial charge in [0, 0.05) is 19.6 Å². The van der Waals surface area contributed by atoms with Crippen molar-refractivity contribution in [2.75, 3.05) is 18.5 Å². The lowest BCUT2D eigenvalue weighted by atomic mass is 9.95. The Kier molecular flexibility index (Phi) is 3.65. The molecular formula is C14H24N4S. The van der Waals surface area contributed by atoms with E-state index in [1.54, 1.807) is 0 Å². The molecule has 2 unspecified atom stereocenters. The van der Waals surface area contributed by atoms with Crippen molar-refractivity contribution in [2.24, 2.45) is 11.8 Å². The van der Waals surface area contributed by atoms with Crippen molar-refractivity contribution in [2.45, 2.75) is 51.5 Å². The first-order chi connectivity index (χ1) is 9.16. The predicted octanol–water partition coefficient (Wildman–Crippen LogP) is 3.54. The van der Waals surface area contributed by atoms with Crippen molar-refractivity contribution in [3.63, 3.8) is 0 Å². The van der Waals surface area contributed by atoms with Gasteiger partial charge in [0.25, 0.3) is 0 Å². The molecular weight excluding hydrogens is 256 g/mol. The zero-order chi connectivity index (χ0) is 13.4. The zero-order valence-corrected chi connectivity index (χ0v) is 12.7. The van der Waals surface area contributed by atoms with E-state index in [2.05, 4.69) is 33.6 Å². The Hall–Kier alpha value is -0.840. The average molecular weight is 280 g/mol. The quantitative estimate of drug-likeness (QED) is 0.857. The van der Waals surface area contributed by atoms with Crippen LogP contribution in [0.5, 0.6) is 0 Å². The summed E-state index contributed by atoms with van der Waals surface area (Å²) in [4.78, 5) is 2.29. The van der Waals surface area contributed by atoms with Crippen LogP contribution in [-0.4, -0.2) is 28.4 Å². The van der Waals surface area contributed by atoms with Crippen LogP contribution in [0.25, 0.3) is 0 Å². The number of nitrogens with zero attached hydrogens (tertiary/aromatic N) is 3. The van der Waals surface area contributed by atoms with Crippen LogP contribution in [-0.2, 0) is 0 Å². The summed E-state index contributed by atoms with van der Waals surface area (Å²) in [5.41, 5.74) is 0. The van der Waals surface area contributed by atoms with Crippen molar-refractivity contribution < 1.29 is 0 Å². The highest BCUT2D eigenvalue weighted by atomic mass is 32.1. The van der Waals surface area contributed by atoms with Crippen LogP contribution in [0.1, 0.15) is 51.5 Å². The van der Waals surface area contributed by atoms with Gasteiger partial charge in [-0.25, -0.2) is 5.10 Å². The van der Waals surface area contributed by atoms with Crippen LogP contribution in [0.4, 0.5) is 5.95 Å². The second kappa shape index (κ2) is 5.27. The first-order valence-corrected chi connectivity index (χ1v) is 7.95. The number of H-pyrrole nitrogens is 1. The maximum absolute atomic E-state index is 5.44. The van der Waals surface area contributed by atoms with E-state index in [0.29, 0.717) is 6.04 Å². The van der Waals surface area contributed by atoms with Crippen LogP contribution in [0.15, 0.2) is 0 Å². The van der Waals surface area contributed by atoms with E-state index in [1.807, 2.05) is 0 Å². The molecule has 3 rings (SSSR count). The molecule has 0 radical (unpaired) electrons. The summed E-state index contributed by atoms with van der Waals surface area (Å²) in [7, 11) is 2.15. The topological polar surface area (TPSA) is 36.9 Å². The number of hydrogen-bond donors (Lipinski definition) is 1. The van der Waals surface area contributed by atoms with Crippen LogP contribution in [0, 0.1) is 16.6 Å². The molecule has 0 spiro atoms. The van der Waals surface area contributed by atoms with E-state index in [0.717, 1.165) is 29.1 Å². The van der Waals surface area contributed by atoms with Crippen LogP contribution in [0.3, 0.4) is 0 Å². The molecule has 2 aliphatic carbocycles. The zero-order valence-electron chi connectivity index (χ0n) is 11.9. The minimum atomic E-state index is 0.550. The number of rotatable bonds is 4. The molecule has 2 atom stereocenters. The van der Waals surface area contributed by atoms with Gasteiger partial charge >= 0.3 is 0 Å². The van der Waals surface area contributed by atoms with Gasteiger partial charge in [-0.15, -0.1) is 5.10 Å². The fourth-order valence-corrected chi connectivity index (χ4v) is 3.60. The van der Waals surface area contributed by atoms with Crippen molar-refractivity contribution in [3.05, 3.63) is 4.77 Å². The molecule has 1 aromatic heterocycles. The summed E-state index contributed by atoms with van der Waals surface area (Å²) < 4.78 is 3.05. The molecule has 5 heteroatoms. The molecule has 0 bridgehead atoms. The fourth-order valence-electron chi connectivity index (χ4n) is 3.32. The smallest absolute Gasteiger partial charge is 0.225 e. The molecule has 1 heterocycles. The first kappa shape index (κ1) is 13.2. The maximum atomic E-state index is 5.44. The molecule has 0 aliphatic heterocycles. The largest absolute Gasteiger partial charge is 0.344 e. The van der Waals surface area contributed by atoms with Gasteiger partial charge in [0.15, 0.2) is 4.77 Å². The number of hydrogen-bond acceptors (Lipinski definition) is 3. The van der Waals surface area contributed by atoms with Crippen LogP contribution in [0.2, 0.25) is 0 Å². The van der Waals surface area contributed by atoms with Crippen molar-refractivity contribution >= 4 is 18.2 Å². The second-order valence-electron chi connectivity index (χ2n) is 6.34. The fraction of sp³-hybridized carbons (Fsp3) is 0.857. The van der Waals surface area contributed by atoms with Gasteiger partial charge in [-0.2, -0.15) is 0 Å². The molecule has 2 fully saturated rings. The van der Waals surface area contributed by atoms with E-state index in [9.17, 15) is 0 Å². The summed E-state index contributed by atoms with van der Waals surface area (Å²) in [6, 6.07) is 0.550. The molecule has 2 saturated carbocycles.